The monoisotopic (exact) mass is 440 g/mol. The topological polar surface area (TPSA) is 78.9 Å². The van der Waals surface area contributed by atoms with Gasteiger partial charge in [-0.2, -0.15) is 0 Å². The van der Waals surface area contributed by atoms with Gasteiger partial charge in [-0.15, -0.1) is 0 Å². The second-order valence-corrected chi connectivity index (χ2v) is 9.61. The Morgan fingerprint density at radius 3 is 2.52 bits per heavy atom. The van der Waals surface area contributed by atoms with Crippen molar-refractivity contribution in [3.8, 4) is 5.75 Å². The number of nitrogens with one attached hydrogen (secondary N) is 1. The molecule has 3 aromatic rings. The van der Waals surface area contributed by atoms with Gasteiger partial charge in [-0.25, -0.2) is 13.1 Å². The third-order valence-corrected chi connectivity index (χ3v) is 7.12. The molecule has 1 heterocycles. The van der Waals surface area contributed by atoms with Crippen LogP contribution in [-0.4, -0.2) is 50.8 Å². The van der Waals surface area contributed by atoms with Crippen LogP contribution < -0.4 is 9.46 Å². The van der Waals surface area contributed by atoms with Crippen molar-refractivity contribution in [2.24, 2.45) is 0 Å². The highest BCUT2D eigenvalue weighted by molar-refractivity contribution is 7.89. The molecular formula is C24H28N2O4S. The van der Waals surface area contributed by atoms with Crippen LogP contribution in [0.4, 0.5) is 0 Å². The molecular weight excluding hydrogens is 412 g/mol. The minimum Gasteiger partial charge on any atom is -0.491 e. The molecule has 1 aliphatic rings. The lowest BCUT2D eigenvalue weighted by Crippen LogP contribution is -2.44. The van der Waals surface area contributed by atoms with Gasteiger partial charge in [0.05, 0.1) is 11.5 Å². The molecule has 164 valence electrons. The number of hydrogen-bond acceptors (Lipinski definition) is 5. The number of aliphatic hydroxyl groups is 1. The van der Waals surface area contributed by atoms with Gasteiger partial charge in [0.25, 0.3) is 0 Å². The minimum absolute atomic E-state index is 0.00709. The lowest BCUT2D eigenvalue weighted by atomic mass is 10.1. The van der Waals surface area contributed by atoms with Crippen molar-refractivity contribution in [2.75, 3.05) is 26.3 Å². The maximum Gasteiger partial charge on any atom is 0.240 e. The van der Waals surface area contributed by atoms with Crippen molar-refractivity contribution in [3.63, 3.8) is 0 Å². The molecule has 1 saturated heterocycles. The Labute approximate surface area is 183 Å². The fraction of sp³-hybridized carbons (Fsp3) is 0.333. The van der Waals surface area contributed by atoms with Crippen molar-refractivity contribution < 1.29 is 18.3 Å². The third kappa shape index (κ3) is 5.62. The molecule has 0 atom stereocenters. The highest BCUT2D eigenvalue weighted by atomic mass is 32.2. The van der Waals surface area contributed by atoms with Crippen LogP contribution in [0.25, 0.3) is 10.8 Å². The standard InChI is InChI=1S/C24H28N2O4S/c27-14-15-30-23-7-3-4-19(16-23)18-26-12-10-22(11-13-26)25-31(28,29)24-9-8-20-5-1-2-6-21(20)17-24/h1-9,16-17,22,25,27H,10-15,18H2. The molecule has 31 heavy (non-hydrogen) atoms. The number of sulfonamides is 1. The number of ether oxygens (including phenoxy) is 1. The quantitative estimate of drug-likeness (QED) is 0.563. The predicted molar refractivity (Wildman–Crippen MR) is 122 cm³/mol. The van der Waals surface area contributed by atoms with Crippen LogP contribution >= 0.6 is 0 Å². The van der Waals surface area contributed by atoms with Gasteiger partial charge in [-0.1, -0.05) is 42.5 Å². The highest BCUT2D eigenvalue weighted by Gasteiger charge is 2.25. The van der Waals surface area contributed by atoms with E-state index in [0.29, 0.717) is 4.90 Å². The average Bonchev–Trinajstić information content (AvgIpc) is 2.79. The summed E-state index contributed by atoms with van der Waals surface area (Å²) in [6.45, 7) is 2.72. The molecule has 0 spiro atoms. The first-order valence-electron chi connectivity index (χ1n) is 10.6. The molecule has 2 N–H and O–H groups in total. The summed E-state index contributed by atoms with van der Waals surface area (Å²) in [6.07, 6.45) is 1.54. The zero-order valence-corrected chi connectivity index (χ0v) is 18.2. The first kappa shape index (κ1) is 21.8. The molecule has 7 heteroatoms. The van der Waals surface area contributed by atoms with E-state index in [4.69, 9.17) is 9.84 Å². The Balaban J connectivity index is 1.33. The highest BCUT2D eigenvalue weighted by Crippen LogP contribution is 2.22. The van der Waals surface area contributed by atoms with Crippen molar-refractivity contribution >= 4 is 20.8 Å². The molecule has 4 rings (SSSR count). The normalized spacial score (nSPS) is 15.9. The van der Waals surface area contributed by atoms with Crippen LogP contribution in [0, 0.1) is 0 Å². The number of fused-ring (bicyclic) bond motifs is 1. The van der Waals surface area contributed by atoms with E-state index >= 15 is 0 Å². The van der Waals surface area contributed by atoms with Gasteiger partial charge in [0, 0.05) is 25.7 Å². The Hall–Kier alpha value is -2.45. The van der Waals surface area contributed by atoms with Crippen molar-refractivity contribution in [2.45, 2.75) is 30.3 Å². The van der Waals surface area contributed by atoms with Gasteiger partial charge < -0.3 is 9.84 Å². The molecule has 0 unspecified atom stereocenters. The van der Waals surface area contributed by atoms with Crippen molar-refractivity contribution in [1.82, 2.24) is 9.62 Å². The van der Waals surface area contributed by atoms with Crippen LogP contribution in [0.15, 0.2) is 71.6 Å². The van der Waals surface area contributed by atoms with Crippen molar-refractivity contribution in [1.29, 1.82) is 0 Å². The molecule has 0 radical (unpaired) electrons. The number of benzene rings is 3. The van der Waals surface area contributed by atoms with Crippen LogP contribution in [0.1, 0.15) is 18.4 Å². The number of aliphatic hydroxyl groups excluding tert-OH is 1. The van der Waals surface area contributed by atoms with Gasteiger partial charge >= 0.3 is 0 Å². The fourth-order valence-electron chi connectivity index (χ4n) is 3.99. The van der Waals surface area contributed by atoms with Gasteiger partial charge in [0.1, 0.15) is 12.4 Å². The van der Waals surface area contributed by atoms with E-state index in [9.17, 15) is 8.42 Å². The smallest absolute Gasteiger partial charge is 0.240 e. The summed E-state index contributed by atoms with van der Waals surface area (Å²) >= 11 is 0. The Morgan fingerprint density at radius 1 is 0.968 bits per heavy atom. The van der Waals surface area contributed by atoms with E-state index in [2.05, 4.69) is 15.7 Å². The first-order valence-corrected chi connectivity index (χ1v) is 12.1. The molecule has 6 nitrogen and oxygen atoms in total. The Bertz CT molecular complexity index is 1130. The van der Waals surface area contributed by atoms with E-state index in [1.54, 1.807) is 12.1 Å². The van der Waals surface area contributed by atoms with E-state index < -0.39 is 10.0 Å². The SMILES string of the molecule is O=S(=O)(NC1CCN(Cc2cccc(OCCO)c2)CC1)c1ccc2ccccc2c1. The summed E-state index contributed by atoms with van der Waals surface area (Å²) in [7, 11) is -3.55. The summed E-state index contributed by atoms with van der Waals surface area (Å²) in [5.41, 5.74) is 1.14. The van der Waals surface area contributed by atoms with E-state index in [0.717, 1.165) is 54.6 Å². The number of piperidine rings is 1. The number of rotatable bonds is 8. The summed E-state index contributed by atoms with van der Waals surface area (Å²) in [6, 6.07) is 20.8. The lowest BCUT2D eigenvalue weighted by Gasteiger charge is -2.32. The summed E-state index contributed by atoms with van der Waals surface area (Å²) < 4.78 is 34.1. The van der Waals surface area contributed by atoms with Gasteiger partial charge in [-0.05, 0) is 53.4 Å². The van der Waals surface area contributed by atoms with Crippen molar-refractivity contribution in [3.05, 3.63) is 72.3 Å². The molecule has 1 fully saturated rings. The van der Waals surface area contributed by atoms with E-state index in [1.807, 2.05) is 48.5 Å². The first-order chi connectivity index (χ1) is 15.0. The molecule has 3 aromatic carbocycles. The van der Waals surface area contributed by atoms with Gasteiger partial charge in [-0.3, -0.25) is 4.90 Å². The zero-order chi connectivity index (χ0) is 21.7. The minimum atomic E-state index is -3.55. The molecule has 0 aromatic heterocycles. The Morgan fingerprint density at radius 2 is 1.74 bits per heavy atom. The summed E-state index contributed by atoms with van der Waals surface area (Å²) in [5.74, 6) is 0.754. The summed E-state index contributed by atoms with van der Waals surface area (Å²) in [4.78, 5) is 2.64. The van der Waals surface area contributed by atoms with Crippen LogP contribution in [0.2, 0.25) is 0 Å². The summed E-state index contributed by atoms with van der Waals surface area (Å²) in [5, 5.41) is 10.9. The average molecular weight is 441 g/mol. The fourth-order valence-corrected chi connectivity index (χ4v) is 5.33. The second-order valence-electron chi connectivity index (χ2n) is 7.90. The molecule has 0 aliphatic carbocycles. The van der Waals surface area contributed by atoms with Crippen LogP contribution in [0.5, 0.6) is 5.75 Å². The Kier molecular flexibility index (Phi) is 6.87. The molecule has 0 saturated carbocycles. The predicted octanol–water partition coefficient (Wildman–Crippen LogP) is 3.15. The maximum atomic E-state index is 12.9. The largest absolute Gasteiger partial charge is 0.491 e. The van der Waals surface area contributed by atoms with Crippen LogP contribution in [-0.2, 0) is 16.6 Å². The molecule has 1 aliphatic heterocycles. The van der Waals surface area contributed by atoms with Gasteiger partial charge in [0.2, 0.25) is 10.0 Å². The maximum absolute atomic E-state index is 12.9. The van der Waals surface area contributed by atoms with Gasteiger partial charge in [0.15, 0.2) is 0 Å². The number of likely N-dealkylation sites (tertiary alicyclic amines) is 1. The molecule has 0 bridgehead atoms. The second kappa shape index (κ2) is 9.78. The van der Waals surface area contributed by atoms with E-state index in [1.165, 1.54) is 0 Å². The zero-order valence-electron chi connectivity index (χ0n) is 17.4. The van der Waals surface area contributed by atoms with Crippen LogP contribution in [0.3, 0.4) is 0 Å². The molecule has 0 amide bonds. The third-order valence-electron chi connectivity index (χ3n) is 5.61. The number of hydrogen-bond donors (Lipinski definition) is 2. The number of nitrogens with zero attached hydrogens (tertiary/aromatic N) is 1. The lowest BCUT2D eigenvalue weighted by molar-refractivity contribution is 0.196. The van der Waals surface area contributed by atoms with E-state index in [-0.39, 0.29) is 19.3 Å².